The molecule has 1 saturated carbocycles. The lowest BCUT2D eigenvalue weighted by atomic mass is 9.93. The number of aromatic nitrogens is 2. The van der Waals surface area contributed by atoms with Crippen LogP contribution >= 0.6 is 0 Å². The summed E-state index contributed by atoms with van der Waals surface area (Å²) in [6, 6.07) is 0. The molecule has 1 aromatic heterocycles. The van der Waals surface area contributed by atoms with Crippen molar-refractivity contribution >= 4 is 0 Å². The first-order valence-corrected chi connectivity index (χ1v) is 4.89. The molecule has 4 nitrogen and oxygen atoms in total. The van der Waals surface area contributed by atoms with Crippen molar-refractivity contribution < 1.29 is 10.2 Å². The van der Waals surface area contributed by atoms with Crippen molar-refractivity contribution in [2.24, 2.45) is 0 Å². The van der Waals surface area contributed by atoms with Gasteiger partial charge in [0.15, 0.2) is 0 Å². The lowest BCUT2D eigenvalue weighted by Crippen LogP contribution is -2.33. The van der Waals surface area contributed by atoms with Crippen LogP contribution in [0.25, 0.3) is 0 Å². The summed E-state index contributed by atoms with van der Waals surface area (Å²) in [6.07, 6.45) is 6.89. The van der Waals surface area contributed by atoms with E-state index in [4.69, 9.17) is 0 Å². The summed E-state index contributed by atoms with van der Waals surface area (Å²) in [5, 5.41) is 20.0. The molecule has 1 unspecified atom stereocenters. The van der Waals surface area contributed by atoms with Gasteiger partial charge in [0.1, 0.15) is 6.10 Å². The van der Waals surface area contributed by atoms with E-state index in [9.17, 15) is 10.2 Å². The van der Waals surface area contributed by atoms with Crippen molar-refractivity contribution in [1.82, 2.24) is 9.97 Å². The fourth-order valence-corrected chi connectivity index (χ4v) is 1.99. The predicted molar refractivity (Wildman–Crippen MR) is 50.4 cm³/mol. The Morgan fingerprint density at radius 3 is 2.57 bits per heavy atom. The molecule has 0 spiro atoms. The van der Waals surface area contributed by atoms with Crippen molar-refractivity contribution in [1.29, 1.82) is 0 Å². The van der Waals surface area contributed by atoms with Gasteiger partial charge in [-0.2, -0.15) is 0 Å². The van der Waals surface area contributed by atoms with Crippen molar-refractivity contribution in [2.75, 3.05) is 0 Å². The summed E-state index contributed by atoms with van der Waals surface area (Å²) < 4.78 is 0. The van der Waals surface area contributed by atoms with Gasteiger partial charge in [-0.05, 0) is 12.8 Å². The molecule has 0 bridgehead atoms. The van der Waals surface area contributed by atoms with E-state index in [1.165, 1.54) is 12.4 Å². The van der Waals surface area contributed by atoms with Gasteiger partial charge < -0.3 is 10.2 Å². The lowest BCUT2D eigenvalue weighted by Gasteiger charge is -2.27. The summed E-state index contributed by atoms with van der Waals surface area (Å²) >= 11 is 0. The van der Waals surface area contributed by atoms with Gasteiger partial charge >= 0.3 is 0 Å². The van der Waals surface area contributed by atoms with E-state index in [1.54, 1.807) is 6.20 Å². The molecule has 1 aliphatic rings. The Balaban J connectivity index is 2.19. The van der Waals surface area contributed by atoms with Crippen molar-refractivity contribution in [3.05, 3.63) is 24.3 Å². The molecule has 1 aromatic rings. The van der Waals surface area contributed by atoms with Gasteiger partial charge in [0.25, 0.3) is 0 Å². The van der Waals surface area contributed by atoms with Crippen LogP contribution in [0.5, 0.6) is 0 Å². The van der Waals surface area contributed by atoms with Crippen LogP contribution in [-0.4, -0.2) is 25.8 Å². The SMILES string of the molecule is OC(c1cnccn1)C1(O)CCCC1. The quantitative estimate of drug-likeness (QED) is 0.731. The zero-order chi connectivity index (χ0) is 10.0. The second-order valence-electron chi connectivity index (χ2n) is 3.84. The molecule has 2 N–H and O–H groups in total. The highest BCUT2D eigenvalue weighted by atomic mass is 16.3. The Bertz CT molecular complexity index is 296. The molecule has 1 heterocycles. The Kier molecular flexibility index (Phi) is 2.48. The van der Waals surface area contributed by atoms with Crippen molar-refractivity contribution in [3.8, 4) is 0 Å². The molecule has 76 valence electrons. The van der Waals surface area contributed by atoms with Gasteiger partial charge in [0.05, 0.1) is 17.5 Å². The number of hydrogen-bond donors (Lipinski definition) is 2. The minimum atomic E-state index is -0.990. The fourth-order valence-electron chi connectivity index (χ4n) is 1.99. The van der Waals surface area contributed by atoms with Crippen LogP contribution in [0.3, 0.4) is 0 Å². The van der Waals surface area contributed by atoms with E-state index in [1.807, 2.05) is 0 Å². The highest BCUT2D eigenvalue weighted by Crippen LogP contribution is 2.38. The molecule has 1 fully saturated rings. The summed E-state index contributed by atoms with van der Waals surface area (Å²) in [7, 11) is 0. The maximum absolute atomic E-state index is 10.1. The van der Waals surface area contributed by atoms with E-state index in [0.29, 0.717) is 18.5 Å². The molecule has 1 aliphatic carbocycles. The molecule has 14 heavy (non-hydrogen) atoms. The van der Waals surface area contributed by atoms with Crippen LogP contribution < -0.4 is 0 Å². The molecule has 0 aliphatic heterocycles. The van der Waals surface area contributed by atoms with Crippen LogP contribution in [0, 0.1) is 0 Å². The average molecular weight is 194 g/mol. The van der Waals surface area contributed by atoms with E-state index in [0.717, 1.165) is 12.8 Å². The average Bonchev–Trinajstić information content (AvgIpc) is 2.67. The minimum Gasteiger partial charge on any atom is -0.387 e. The maximum atomic E-state index is 10.1. The summed E-state index contributed by atoms with van der Waals surface area (Å²) in [5.74, 6) is 0. The van der Waals surface area contributed by atoms with Crippen LogP contribution in [0.4, 0.5) is 0 Å². The highest BCUT2D eigenvalue weighted by Gasteiger charge is 2.39. The third-order valence-electron chi connectivity index (χ3n) is 2.84. The van der Waals surface area contributed by atoms with Gasteiger partial charge in [-0.3, -0.25) is 9.97 Å². The second-order valence-corrected chi connectivity index (χ2v) is 3.84. The second kappa shape index (κ2) is 3.63. The van der Waals surface area contributed by atoms with Crippen molar-refractivity contribution in [2.45, 2.75) is 37.4 Å². The van der Waals surface area contributed by atoms with E-state index >= 15 is 0 Å². The van der Waals surface area contributed by atoms with Gasteiger partial charge in [0, 0.05) is 12.4 Å². The molecule has 4 heteroatoms. The molecule has 2 rings (SSSR count). The smallest absolute Gasteiger partial charge is 0.126 e. The zero-order valence-corrected chi connectivity index (χ0v) is 7.93. The number of aliphatic hydroxyl groups is 2. The Morgan fingerprint density at radius 1 is 1.29 bits per heavy atom. The standard InChI is InChI=1S/C10H14N2O2/c13-9(8-7-11-5-6-12-8)10(14)3-1-2-4-10/h5-7,9,13-14H,1-4H2. The third kappa shape index (κ3) is 1.63. The summed E-state index contributed by atoms with van der Waals surface area (Å²) in [4.78, 5) is 7.87. The zero-order valence-electron chi connectivity index (χ0n) is 7.93. The molecule has 0 saturated heterocycles. The Hall–Kier alpha value is -1.00. The minimum absolute atomic E-state index is 0.455. The Morgan fingerprint density at radius 2 is 2.00 bits per heavy atom. The number of rotatable bonds is 2. The lowest BCUT2D eigenvalue weighted by molar-refractivity contribution is -0.0739. The van der Waals surface area contributed by atoms with Gasteiger partial charge in [0.2, 0.25) is 0 Å². The fraction of sp³-hybridized carbons (Fsp3) is 0.600. The first kappa shape index (κ1) is 9.55. The predicted octanol–water partition coefficient (Wildman–Crippen LogP) is 0.815. The van der Waals surface area contributed by atoms with Gasteiger partial charge in [-0.15, -0.1) is 0 Å². The normalized spacial score (nSPS) is 22.1. The molecule has 0 amide bonds. The van der Waals surface area contributed by atoms with E-state index in [2.05, 4.69) is 9.97 Å². The number of nitrogens with zero attached hydrogens (tertiary/aromatic N) is 2. The molecule has 0 aromatic carbocycles. The van der Waals surface area contributed by atoms with Crippen LogP contribution in [0.15, 0.2) is 18.6 Å². The monoisotopic (exact) mass is 194 g/mol. The van der Waals surface area contributed by atoms with Gasteiger partial charge in [-0.1, -0.05) is 12.8 Å². The number of hydrogen-bond acceptors (Lipinski definition) is 4. The highest BCUT2D eigenvalue weighted by molar-refractivity contribution is 5.07. The van der Waals surface area contributed by atoms with Crippen LogP contribution in [-0.2, 0) is 0 Å². The third-order valence-corrected chi connectivity index (χ3v) is 2.84. The molecule has 1 atom stereocenters. The first-order valence-electron chi connectivity index (χ1n) is 4.89. The molecular weight excluding hydrogens is 180 g/mol. The summed E-state index contributed by atoms with van der Waals surface area (Å²) in [5.41, 5.74) is -0.535. The van der Waals surface area contributed by atoms with Gasteiger partial charge in [-0.25, -0.2) is 0 Å². The van der Waals surface area contributed by atoms with E-state index < -0.39 is 11.7 Å². The molecule has 0 radical (unpaired) electrons. The van der Waals surface area contributed by atoms with Crippen LogP contribution in [0.1, 0.15) is 37.5 Å². The first-order chi connectivity index (χ1) is 6.72. The van der Waals surface area contributed by atoms with Crippen LogP contribution in [0.2, 0.25) is 0 Å². The topological polar surface area (TPSA) is 66.2 Å². The summed E-state index contributed by atoms with van der Waals surface area (Å²) in [6.45, 7) is 0. The Labute approximate surface area is 82.6 Å². The van der Waals surface area contributed by atoms with Crippen molar-refractivity contribution in [3.63, 3.8) is 0 Å². The molecular formula is C10H14N2O2. The number of aliphatic hydroxyl groups excluding tert-OH is 1. The maximum Gasteiger partial charge on any atom is 0.126 e. The van der Waals surface area contributed by atoms with E-state index in [-0.39, 0.29) is 0 Å². The largest absolute Gasteiger partial charge is 0.387 e.